The number of benzene rings is 8. The molecule has 12 rings (SSSR count). The van der Waals surface area contributed by atoms with Crippen LogP contribution in [0.1, 0.15) is 449 Å². The highest BCUT2D eigenvalue weighted by atomic mass is 19.4. The van der Waals surface area contributed by atoms with Crippen molar-refractivity contribution in [3.63, 3.8) is 0 Å². The molecule has 4 fully saturated rings. The van der Waals surface area contributed by atoms with E-state index >= 15 is 0 Å². The lowest BCUT2D eigenvalue weighted by atomic mass is 9.64. The van der Waals surface area contributed by atoms with Crippen molar-refractivity contribution < 1.29 is 27.8 Å². The number of hydrogen-bond acceptors (Lipinski definition) is 3. The van der Waals surface area contributed by atoms with Crippen LogP contribution in [0.2, 0.25) is 0 Å². The van der Waals surface area contributed by atoms with Gasteiger partial charge in [0.15, 0.2) is 0 Å². The summed E-state index contributed by atoms with van der Waals surface area (Å²) in [5.74, 6) is 3.58. The number of rotatable bonds is 32. The number of alkyl halides is 3. The molecule has 125 heavy (non-hydrogen) atoms. The first-order valence-electron chi connectivity index (χ1n) is 51.7. The second-order valence-corrected chi connectivity index (χ2v) is 33.4. The quantitative estimate of drug-likeness (QED) is 0.0427. The van der Waals surface area contributed by atoms with Crippen molar-refractivity contribution in [2.24, 2.45) is 11.8 Å². The van der Waals surface area contributed by atoms with Gasteiger partial charge in [0.05, 0.1) is 20.3 Å². The summed E-state index contributed by atoms with van der Waals surface area (Å²) in [6.45, 7) is 48.9. The molecule has 0 bridgehead atoms. The number of methoxy groups -OCH3 is 1. The van der Waals surface area contributed by atoms with E-state index in [2.05, 4.69) is 230 Å². The molecule has 0 saturated heterocycles. The van der Waals surface area contributed by atoms with Gasteiger partial charge < -0.3 is 14.6 Å². The molecule has 2 atom stereocenters. The number of halogens is 3. The second kappa shape index (κ2) is 69.1. The summed E-state index contributed by atoms with van der Waals surface area (Å²) in [6.07, 6.45) is 41.1. The third-order valence-corrected chi connectivity index (χ3v) is 25.8. The van der Waals surface area contributed by atoms with Crippen LogP contribution in [-0.4, -0.2) is 25.0 Å². The van der Waals surface area contributed by atoms with Crippen molar-refractivity contribution >= 4 is 0 Å². The van der Waals surface area contributed by atoms with E-state index in [0.717, 1.165) is 73.2 Å². The lowest BCUT2D eigenvalue weighted by molar-refractivity contribution is -0.134. The van der Waals surface area contributed by atoms with Gasteiger partial charge in [0.2, 0.25) is 0 Å². The predicted molar refractivity (Wildman–Crippen MR) is 547 cm³/mol. The third-order valence-electron chi connectivity index (χ3n) is 25.8. The molecule has 8 aromatic carbocycles. The largest absolute Gasteiger partial charge is 0.497 e. The van der Waals surface area contributed by atoms with Crippen LogP contribution in [0, 0.1) is 18.8 Å². The van der Waals surface area contributed by atoms with Gasteiger partial charge in [0, 0.05) is 28.1 Å². The lowest BCUT2D eigenvalue weighted by Crippen LogP contribution is -2.30. The van der Waals surface area contributed by atoms with Crippen molar-refractivity contribution in [1.29, 1.82) is 0 Å². The molecule has 1 N–H and O–H groups in total. The molecule has 8 aromatic rings. The van der Waals surface area contributed by atoms with Crippen LogP contribution in [0.25, 0.3) is 0 Å². The Kier molecular flexibility index (Phi) is 64.2. The highest BCUT2D eigenvalue weighted by molar-refractivity contribution is 5.47. The maximum atomic E-state index is 12.5. The maximum absolute atomic E-state index is 12.5. The molecule has 0 spiro atoms. The molecule has 4 aliphatic carbocycles. The maximum Gasteiger partial charge on any atom is 0.389 e. The number of aryl methyl sites for hydroxylation is 3. The van der Waals surface area contributed by atoms with E-state index in [4.69, 9.17) is 9.47 Å². The molecular formula is C119H187F3O3. The number of aliphatic hydroxyl groups excluding tert-OH is 1. The Hall–Kier alpha value is -6.89. The first kappa shape index (κ1) is 116. The molecule has 702 valence electrons. The lowest BCUT2D eigenvalue weighted by Gasteiger charge is -2.39. The van der Waals surface area contributed by atoms with Crippen LogP contribution in [0.3, 0.4) is 0 Å². The van der Waals surface area contributed by atoms with E-state index in [1.54, 1.807) is 29.4 Å². The van der Waals surface area contributed by atoms with Gasteiger partial charge in [-0.15, -0.1) is 0 Å². The summed E-state index contributed by atoms with van der Waals surface area (Å²) in [5.41, 5.74) is 19.6. The van der Waals surface area contributed by atoms with E-state index in [1.807, 2.05) is 123 Å². The summed E-state index contributed by atoms with van der Waals surface area (Å²) in [7, 11) is 1.71. The minimum atomic E-state index is -4.09. The fourth-order valence-electron chi connectivity index (χ4n) is 19.0. The SMILES string of the molecule is CC.CC.CC.CC.CC.CC.CC.CC.CCCCC(CC)Cc1cccc(C2(c3cccc(CC(CC)CCCC)c3)CCCCC2)c1.CCCCCCOc1ccc(C2(c3ccc(C)cc3)CCCCC2)cc1.CCCc1ccc(C2(c3ccc(CCC(F)(F)F)cc3)CCCCC2)cc1.COc1ccc(C2(c3ccc(CO)cc3)CCCCC2)cc1. The zero-order valence-corrected chi connectivity index (χ0v) is 84.8. The van der Waals surface area contributed by atoms with E-state index in [9.17, 15) is 18.3 Å². The Morgan fingerprint density at radius 3 is 0.928 bits per heavy atom. The smallest absolute Gasteiger partial charge is 0.389 e. The fourth-order valence-corrected chi connectivity index (χ4v) is 19.0. The first-order valence-corrected chi connectivity index (χ1v) is 51.7. The summed E-state index contributed by atoms with van der Waals surface area (Å²) in [6, 6.07) is 71.8. The minimum Gasteiger partial charge on any atom is -0.497 e. The standard InChI is InChI=1S/C34H52.C25H34O.C24H29F3.C20H24O2.8C2H6/c1-5-9-16-28(7-3)24-30-18-14-20-32(26-30)34(22-12-11-13-23-34)33-21-15-19-31(27-33)25-29(8-4)17-10-6-2;1-3-4-5-9-20-26-24-16-14-23(15-17-24)25(18-7-6-8-19-25)22-12-10-21(2)11-13-22;1-2-6-19-7-11-21(12-8-19)23(16-4-3-5-17-23)22-13-9-20(10-14-22)15-18-24(25,26)27;1-22-19-11-9-18(10-12-19)20(13-3-2-4-14-20)17-7-5-16(15-21)6-8-17;8*1-2/h14-15,18-21,26-29H,5-13,16-17,22-25H2,1-4H3;10-17H,3-9,18-20H2,1-2H3;7-14H,2-6,15-18H2,1H3;5-12,21H,2-4,13-15H2,1H3;8*1-2H3. The normalized spacial score (nSPS) is 15.2. The molecule has 0 heterocycles. The molecule has 0 aliphatic heterocycles. The van der Waals surface area contributed by atoms with Crippen molar-refractivity contribution in [2.75, 3.05) is 13.7 Å². The van der Waals surface area contributed by atoms with E-state index in [1.165, 1.54) is 244 Å². The van der Waals surface area contributed by atoms with E-state index in [0.29, 0.717) is 0 Å². The van der Waals surface area contributed by atoms with Gasteiger partial charge in [-0.1, -0.05) is 482 Å². The Morgan fingerprint density at radius 1 is 0.320 bits per heavy atom. The minimum absolute atomic E-state index is 0.00551. The zero-order valence-electron chi connectivity index (χ0n) is 84.8. The van der Waals surface area contributed by atoms with E-state index < -0.39 is 12.6 Å². The van der Waals surface area contributed by atoms with Crippen LogP contribution in [0.5, 0.6) is 11.5 Å². The Balaban J connectivity index is 0.000000795. The fraction of sp³-hybridized carbons (Fsp3) is 0.597. The Labute approximate surface area is 769 Å². The van der Waals surface area contributed by atoms with Gasteiger partial charge in [-0.25, -0.2) is 0 Å². The summed E-state index contributed by atoms with van der Waals surface area (Å²) in [4.78, 5) is 0. The van der Waals surface area contributed by atoms with Crippen molar-refractivity contribution in [2.45, 2.75) is 438 Å². The molecule has 2 unspecified atom stereocenters. The molecule has 0 aromatic heterocycles. The van der Waals surface area contributed by atoms with Gasteiger partial charge >= 0.3 is 6.18 Å². The van der Waals surface area contributed by atoms with Gasteiger partial charge in [-0.05, 0) is 199 Å². The van der Waals surface area contributed by atoms with Crippen molar-refractivity contribution in [1.82, 2.24) is 0 Å². The van der Waals surface area contributed by atoms with Gasteiger partial charge in [0.1, 0.15) is 11.5 Å². The number of hydrogen-bond donors (Lipinski definition) is 1. The highest BCUT2D eigenvalue weighted by Gasteiger charge is 2.40. The second-order valence-electron chi connectivity index (χ2n) is 33.4. The molecule has 0 amide bonds. The van der Waals surface area contributed by atoms with Crippen LogP contribution in [0.15, 0.2) is 194 Å². The van der Waals surface area contributed by atoms with Gasteiger partial charge in [-0.2, -0.15) is 13.2 Å². The number of unbranched alkanes of at least 4 members (excludes halogenated alkanes) is 5. The average molecular weight is 1720 g/mol. The highest BCUT2D eigenvalue weighted by Crippen LogP contribution is 2.50. The van der Waals surface area contributed by atoms with Gasteiger partial charge in [0.25, 0.3) is 0 Å². The third kappa shape index (κ3) is 38.4. The molecule has 4 saturated carbocycles. The molecule has 6 heteroatoms. The molecular weight excluding hydrogens is 1530 g/mol. The molecule has 3 nitrogen and oxygen atoms in total. The van der Waals surface area contributed by atoms with Crippen molar-refractivity contribution in [3.8, 4) is 11.5 Å². The van der Waals surface area contributed by atoms with Crippen LogP contribution in [0.4, 0.5) is 13.2 Å². The number of aliphatic hydroxyl groups is 1. The number of ether oxygens (including phenoxy) is 2. The van der Waals surface area contributed by atoms with Crippen LogP contribution in [-0.2, 0) is 54.0 Å². The predicted octanol–water partition coefficient (Wildman–Crippen LogP) is 37.7. The Morgan fingerprint density at radius 2 is 0.624 bits per heavy atom. The van der Waals surface area contributed by atoms with Crippen LogP contribution >= 0.6 is 0 Å². The van der Waals surface area contributed by atoms with Gasteiger partial charge in [-0.3, -0.25) is 0 Å². The zero-order chi connectivity index (χ0) is 93.2. The van der Waals surface area contributed by atoms with Crippen molar-refractivity contribution in [3.05, 3.63) is 272 Å². The molecule has 0 radical (unpaired) electrons. The summed E-state index contributed by atoms with van der Waals surface area (Å²) >= 11 is 0. The van der Waals surface area contributed by atoms with Crippen LogP contribution < -0.4 is 9.47 Å². The van der Waals surface area contributed by atoms with E-state index in [-0.39, 0.29) is 34.7 Å². The Bertz CT molecular complexity index is 3670. The monoisotopic (exact) mass is 1720 g/mol. The average Bonchev–Trinajstić information content (AvgIpc) is 0.782. The molecule has 4 aliphatic rings. The topological polar surface area (TPSA) is 38.7 Å². The first-order chi connectivity index (χ1) is 61.1. The summed E-state index contributed by atoms with van der Waals surface area (Å²) in [5, 5.41) is 9.26. The summed E-state index contributed by atoms with van der Waals surface area (Å²) < 4.78 is 48.7.